The van der Waals surface area contributed by atoms with Crippen molar-refractivity contribution in [2.24, 2.45) is 10.8 Å². The molecule has 35 heavy (non-hydrogen) atoms. The first-order valence-corrected chi connectivity index (χ1v) is 11.7. The van der Waals surface area contributed by atoms with Gasteiger partial charge in [0, 0.05) is 23.6 Å². The van der Waals surface area contributed by atoms with Gasteiger partial charge in [0.05, 0.1) is 24.5 Å². The Morgan fingerprint density at radius 2 is 1.60 bits per heavy atom. The number of aromatic nitrogens is 1. The SMILES string of the molecule is COC(=O)C(C)(C)CC(C)(C)NC(=O)C(C)(C)CCOC(C)(C)CCC(=O)On1c(N)ccc1O. The molecule has 0 saturated carbocycles. The largest absolute Gasteiger partial charge is 0.492 e. The Hall–Kier alpha value is -2.75. The molecule has 0 radical (unpaired) electrons. The lowest BCUT2D eigenvalue weighted by atomic mass is 9.79. The number of hydrogen-bond donors (Lipinski definition) is 3. The second kappa shape index (κ2) is 11.3. The highest BCUT2D eigenvalue weighted by molar-refractivity contribution is 5.82. The maximum Gasteiger partial charge on any atom is 0.333 e. The molecular formula is C25H43N3O7. The van der Waals surface area contributed by atoms with Gasteiger partial charge in [-0.25, -0.2) is 4.79 Å². The van der Waals surface area contributed by atoms with Crippen molar-refractivity contribution in [1.82, 2.24) is 10.0 Å². The summed E-state index contributed by atoms with van der Waals surface area (Å²) >= 11 is 0. The van der Waals surface area contributed by atoms with Crippen LogP contribution in [0.3, 0.4) is 0 Å². The fraction of sp³-hybridized carbons (Fsp3) is 0.720. The first-order valence-electron chi connectivity index (χ1n) is 11.7. The number of carbonyl (C=O) groups excluding carboxylic acids is 3. The lowest BCUT2D eigenvalue weighted by Gasteiger charge is -2.37. The van der Waals surface area contributed by atoms with Gasteiger partial charge in [0.25, 0.3) is 0 Å². The topological polar surface area (TPSA) is 142 Å². The predicted octanol–water partition coefficient (Wildman–Crippen LogP) is 3.21. The van der Waals surface area contributed by atoms with E-state index in [2.05, 4.69) is 5.32 Å². The molecule has 0 spiro atoms. The van der Waals surface area contributed by atoms with Crippen molar-refractivity contribution in [1.29, 1.82) is 0 Å². The number of amides is 1. The third-order valence-corrected chi connectivity index (χ3v) is 5.88. The van der Waals surface area contributed by atoms with Crippen LogP contribution in [0.1, 0.15) is 81.1 Å². The van der Waals surface area contributed by atoms with Gasteiger partial charge in [0.15, 0.2) is 0 Å². The van der Waals surface area contributed by atoms with E-state index < -0.39 is 27.9 Å². The number of ether oxygens (including phenoxy) is 2. The number of rotatable bonds is 13. The number of nitrogens with one attached hydrogen (secondary N) is 1. The highest BCUT2D eigenvalue weighted by Crippen LogP contribution is 2.31. The molecule has 1 aromatic heterocycles. The number of anilines is 1. The molecule has 10 heteroatoms. The molecule has 0 aliphatic heterocycles. The molecule has 0 aromatic carbocycles. The van der Waals surface area contributed by atoms with Crippen molar-refractivity contribution in [3.63, 3.8) is 0 Å². The monoisotopic (exact) mass is 497 g/mol. The van der Waals surface area contributed by atoms with E-state index in [9.17, 15) is 19.5 Å². The predicted molar refractivity (Wildman–Crippen MR) is 132 cm³/mol. The number of nitrogen functional groups attached to an aromatic ring is 1. The number of methoxy groups -OCH3 is 1. The number of nitrogens with two attached hydrogens (primary N) is 1. The molecule has 1 aromatic rings. The van der Waals surface area contributed by atoms with Crippen molar-refractivity contribution >= 4 is 23.7 Å². The minimum Gasteiger partial charge on any atom is -0.492 e. The molecule has 1 amide bonds. The van der Waals surface area contributed by atoms with Gasteiger partial charge in [0.1, 0.15) is 5.82 Å². The molecule has 0 unspecified atom stereocenters. The average molecular weight is 498 g/mol. The first-order chi connectivity index (χ1) is 15.8. The highest BCUT2D eigenvalue weighted by Gasteiger charge is 2.39. The summed E-state index contributed by atoms with van der Waals surface area (Å²) in [5, 5.41) is 12.7. The summed E-state index contributed by atoms with van der Waals surface area (Å²) in [7, 11) is 1.35. The highest BCUT2D eigenvalue weighted by atomic mass is 16.7. The van der Waals surface area contributed by atoms with E-state index in [1.807, 2.05) is 41.5 Å². The zero-order valence-electron chi connectivity index (χ0n) is 22.6. The number of aromatic hydroxyl groups is 1. The summed E-state index contributed by atoms with van der Waals surface area (Å²) in [6, 6.07) is 2.75. The van der Waals surface area contributed by atoms with Crippen LogP contribution in [0.25, 0.3) is 0 Å². The quantitative estimate of drug-likeness (QED) is 0.353. The molecular weight excluding hydrogens is 454 g/mol. The molecule has 0 aliphatic carbocycles. The van der Waals surface area contributed by atoms with Gasteiger partial charge in [-0.1, -0.05) is 13.8 Å². The summed E-state index contributed by atoms with van der Waals surface area (Å²) in [6.07, 6.45) is 1.30. The Morgan fingerprint density at radius 3 is 2.11 bits per heavy atom. The molecule has 4 N–H and O–H groups in total. The number of carbonyl (C=O) groups is 3. The van der Waals surface area contributed by atoms with Crippen LogP contribution in [0.15, 0.2) is 12.1 Å². The Morgan fingerprint density at radius 1 is 1.00 bits per heavy atom. The zero-order valence-corrected chi connectivity index (χ0v) is 22.6. The van der Waals surface area contributed by atoms with Gasteiger partial charge in [-0.15, -0.1) is 4.73 Å². The van der Waals surface area contributed by atoms with Crippen molar-refractivity contribution in [2.75, 3.05) is 19.5 Å². The standard InChI is InChI=1S/C25H43N3O7/c1-22(2,20(31)27-24(5,6)16-23(3,4)21(32)33-9)14-15-34-25(7,8)13-12-19(30)35-28-17(26)10-11-18(28)29/h10-11,29H,12-16,26H2,1-9H3,(H,27,31). The second-order valence-electron chi connectivity index (χ2n) is 11.5. The van der Waals surface area contributed by atoms with Crippen LogP contribution in [0, 0.1) is 10.8 Å². The molecule has 200 valence electrons. The Bertz CT molecular complexity index is 881. The zero-order chi connectivity index (χ0) is 27.2. The fourth-order valence-corrected chi connectivity index (χ4v) is 3.82. The lowest BCUT2D eigenvalue weighted by Crippen LogP contribution is -2.52. The van der Waals surface area contributed by atoms with E-state index in [1.165, 1.54) is 19.2 Å². The summed E-state index contributed by atoms with van der Waals surface area (Å²) < 4.78 is 11.7. The van der Waals surface area contributed by atoms with Gasteiger partial charge in [-0.05, 0) is 66.9 Å². The Labute approximate surface area is 208 Å². The average Bonchev–Trinajstić information content (AvgIpc) is 3.02. The minimum atomic E-state index is -0.740. The first kappa shape index (κ1) is 30.3. The molecule has 10 nitrogen and oxygen atoms in total. The van der Waals surface area contributed by atoms with Gasteiger partial charge in [-0.2, -0.15) is 0 Å². The van der Waals surface area contributed by atoms with E-state index in [-0.39, 0.29) is 30.0 Å². The number of esters is 1. The van der Waals surface area contributed by atoms with Crippen molar-refractivity contribution < 1.29 is 33.8 Å². The van der Waals surface area contributed by atoms with E-state index >= 15 is 0 Å². The summed E-state index contributed by atoms with van der Waals surface area (Å²) in [6.45, 7) is 15.0. The van der Waals surface area contributed by atoms with Crippen molar-refractivity contribution in [2.45, 2.75) is 92.2 Å². The molecule has 0 atom stereocenters. The summed E-state index contributed by atoms with van der Waals surface area (Å²) in [5.41, 5.74) is 2.92. The molecule has 0 bridgehead atoms. The van der Waals surface area contributed by atoms with E-state index in [4.69, 9.17) is 20.0 Å². The maximum absolute atomic E-state index is 13.0. The van der Waals surface area contributed by atoms with Crippen molar-refractivity contribution in [3.8, 4) is 5.88 Å². The van der Waals surface area contributed by atoms with Crippen LogP contribution < -0.4 is 15.9 Å². The Balaban J connectivity index is 2.55. The van der Waals surface area contributed by atoms with E-state index in [0.29, 0.717) is 25.9 Å². The Kier molecular flexibility index (Phi) is 9.80. The smallest absolute Gasteiger partial charge is 0.333 e. The second-order valence-corrected chi connectivity index (χ2v) is 11.5. The molecule has 1 heterocycles. The van der Waals surface area contributed by atoms with Crippen LogP contribution >= 0.6 is 0 Å². The molecule has 1 rings (SSSR count). The molecule has 0 aliphatic rings. The minimum absolute atomic E-state index is 0.0537. The van der Waals surface area contributed by atoms with Crippen LogP contribution in [-0.2, 0) is 23.9 Å². The van der Waals surface area contributed by atoms with Crippen LogP contribution in [0.4, 0.5) is 5.82 Å². The van der Waals surface area contributed by atoms with Gasteiger partial charge < -0.3 is 30.5 Å². The van der Waals surface area contributed by atoms with Gasteiger partial charge >= 0.3 is 11.9 Å². The summed E-state index contributed by atoms with van der Waals surface area (Å²) in [4.78, 5) is 42.2. The van der Waals surface area contributed by atoms with E-state index in [0.717, 1.165) is 4.73 Å². The van der Waals surface area contributed by atoms with Gasteiger partial charge in [-0.3, -0.25) is 9.59 Å². The number of nitrogens with zero attached hydrogens (tertiary/aromatic N) is 1. The van der Waals surface area contributed by atoms with Crippen LogP contribution in [0.2, 0.25) is 0 Å². The third kappa shape index (κ3) is 9.43. The van der Waals surface area contributed by atoms with Crippen molar-refractivity contribution in [3.05, 3.63) is 12.1 Å². The third-order valence-electron chi connectivity index (χ3n) is 5.88. The lowest BCUT2D eigenvalue weighted by molar-refractivity contribution is -0.152. The van der Waals surface area contributed by atoms with Crippen LogP contribution in [-0.4, -0.2) is 52.5 Å². The fourth-order valence-electron chi connectivity index (χ4n) is 3.82. The van der Waals surface area contributed by atoms with Gasteiger partial charge in [0.2, 0.25) is 11.8 Å². The normalized spacial score (nSPS) is 12.8. The van der Waals surface area contributed by atoms with Crippen LogP contribution in [0.5, 0.6) is 5.88 Å². The number of hydrogen-bond acceptors (Lipinski definition) is 8. The summed E-state index contributed by atoms with van der Waals surface area (Å²) in [5.74, 6) is -1.17. The molecule has 0 fully saturated rings. The van der Waals surface area contributed by atoms with E-state index in [1.54, 1.807) is 13.8 Å². The maximum atomic E-state index is 13.0. The molecule has 0 saturated heterocycles.